The van der Waals surface area contributed by atoms with Crippen LogP contribution >= 0.6 is 11.8 Å². The van der Waals surface area contributed by atoms with Crippen molar-refractivity contribution in [1.29, 1.82) is 0 Å². The molecule has 0 radical (unpaired) electrons. The Balaban J connectivity index is 3.17. The van der Waals surface area contributed by atoms with Crippen LogP contribution in [0.5, 0.6) is 0 Å². The van der Waals surface area contributed by atoms with E-state index in [1.807, 2.05) is 0 Å². The van der Waals surface area contributed by atoms with Crippen molar-refractivity contribution in [3.05, 3.63) is 0 Å². The largest absolute Gasteiger partial charge is 0.466 e. The number of ether oxygens (including phenoxy) is 1. The molecule has 0 aromatic carbocycles. The van der Waals surface area contributed by atoms with Crippen LogP contribution < -0.4 is 0 Å². The molecule has 0 rings (SSSR count). The van der Waals surface area contributed by atoms with Crippen molar-refractivity contribution in [3.63, 3.8) is 0 Å². The maximum Gasteiger partial charge on any atom is 0.306 e. The number of carbonyl (C=O) groups excluding carboxylic acids is 1. The Morgan fingerprint density at radius 1 is 1.00 bits per heavy atom. The fourth-order valence-electron chi connectivity index (χ4n) is 2.28. The predicted molar refractivity (Wildman–Crippen MR) is 97.8 cm³/mol. The van der Waals surface area contributed by atoms with Gasteiger partial charge in [0, 0.05) is 11.5 Å². The van der Waals surface area contributed by atoms with E-state index in [-0.39, 0.29) is 12.6 Å². The molecular formula is C18H36O4S. The molecule has 0 aromatic rings. The van der Waals surface area contributed by atoms with Gasteiger partial charge in [0.2, 0.25) is 0 Å². The maximum atomic E-state index is 11.5. The van der Waals surface area contributed by atoms with Crippen molar-refractivity contribution in [2.45, 2.75) is 83.7 Å². The van der Waals surface area contributed by atoms with Crippen LogP contribution in [-0.2, 0) is 9.53 Å². The lowest BCUT2D eigenvalue weighted by Crippen LogP contribution is -2.15. The van der Waals surface area contributed by atoms with Gasteiger partial charge in [0.15, 0.2) is 0 Å². The lowest BCUT2D eigenvalue weighted by atomic mass is 10.1. The Labute approximate surface area is 146 Å². The van der Waals surface area contributed by atoms with Crippen molar-refractivity contribution >= 4 is 17.7 Å². The molecule has 0 aromatic heterocycles. The van der Waals surface area contributed by atoms with E-state index >= 15 is 0 Å². The minimum absolute atomic E-state index is 0.160. The fourth-order valence-corrected chi connectivity index (χ4v) is 3.13. The van der Waals surface area contributed by atoms with E-state index in [2.05, 4.69) is 6.92 Å². The van der Waals surface area contributed by atoms with Crippen LogP contribution in [0.25, 0.3) is 0 Å². The molecule has 1 unspecified atom stereocenters. The number of aliphatic hydroxyl groups is 2. The first-order valence-corrected chi connectivity index (χ1v) is 10.4. The van der Waals surface area contributed by atoms with E-state index in [4.69, 9.17) is 14.9 Å². The molecule has 5 heteroatoms. The predicted octanol–water partition coefficient (Wildman–Crippen LogP) is 3.93. The van der Waals surface area contributed by atoms with E-state index < -0.39 is 6.10 Å². The highest BCUT2D eigenvalue weighted by atomic mass is 32.2. The number of hydrogen-bond acceptors (Lipinski definition) is 5. The molecule has 23 heavy (non-hydrogen) atoms. The van der Waals surface area contributed by atoms with Crippen molar-refractivity contribution in [3.8, 4) is 0 Å². The van der Waals surface area contributed by atoms with Crippen molar-refractivity contribution in [1.82, 2.24) is 0 Å². The Kier molecular flexibility index (Phi) is 17.9. The van der Waals surface area contributed by atoms with Gasteiger partial charge in [-0.3, -0.25) is 4.79 Å². The lowest BCUT2D eigenvalue weighted by molar-refractivity contribution is -0.143. The summed E-state index contributed by atoms with van der Waals surface area (Å²) in [5, 5.41) is 17.8. The van der Waals surface area contributed by atoms with Gasteiger partial charge < -0.3 is 14.9 Å². The third-order valence-electron chi connectivity index (χ3n) is 3.73. The van der Waals surface area contributed by atoms with Gasteiger partial charge in [-0.05, 0) is 6.42 Å². The molecule has 0 aliphatic heterocycles. The average Bonchev–Trinajstić information content (AvgIpc) is 2.56. The van der Waals surface area contributed by atoms with E-state index in [0.29, 0.717) is 24.5 Å². The summed E-state index contributed by atoms with van der Waals surface area (Å²) in [5.41, 5.74) is 0. The zero-order valence-electron chi connectivity index (χ0n) is 14.8. The average molecular weight is 349 g/mol. The quantitative estimate of drug-likeness (QED) is 0.308. The molecule has 4 nitrogen and oxygen atoms in total. The van der Waals surface area contributed by atoms with Gasteiger partial charge in [-0.25, -0.2) is 0 Å². The Hall–Kier alpha value is -0.260. The number of esters is 1. The van der Waals surface area contributed by atoms with E-state index in [0.717, 1.165) is 12.8 Å². The number of thioether (sulfide) groups is 1. The van der Waals surface area contributed by atoms with Gasteiger partial charge in [-0.15, -0.1) is 0 Å². The molecule has 0 bridgehead atoms. The third-order valence-corrected chi connectivity index (χ3v) is 4.85. The molecule has 2 N–H and O–H groups in total. The van der Waals surface area contributed by atoms with Gasteiger partial charge in [-0.2, -0.15) is 11.8 Å². The van der Waals surface area contributed by atoms with Crippen LogP contribution in [0.15, 0.2) is 0 Å². The molecule has 0 saturated carbocycles. The molecule has 0 amide bonds. The SMILES string of the molecule is CCCCCCCCCCCCOC(=O)CCSCC(O)CO. The molecule has 0 aliphatic rings. The van der Waals surface area contributed by atoms with Gasteiger partial charge in [0.1, 0.15) is 0 Å². The summed E-state index contributed by atoms with van der Waals surface area (Å²) in [6.07, 6.45) is 12.4. The summed E-state index contributed by atoms with van der Waals surface area (Å²) < 4.78 is 5.18. The Morgan fingerprint density at radius 2 is 1.57 bits per heavy atom. The molecule has 1 atom stereocenters. The van der Waals surface area contributed by atoms with Crippen molar-refractivity contribution in [2.75, 3.05) is 24.7 Å². The molecule has 0 fully saturated rings. The van der Waals surface area contributed by atoms with Crippen molar-refractivity contribution in [2.24, 2.45) is 0 Å². The van der Waals surface area contributed by atoms with Crippen LogP contribution in [0.4, 0.5) is 0 Å². The standard InChI is InChI=1S/C18H36O4S/c1-2-3-4-5-6-7-8-9-10-11-13-22-18(21)12-14-23-16-17(20)15-19/h17,19-20H,2-16H2,1H3. The normalized spacial score (nSPS) is 12.3. The van der Waals surface area contributed by atoms with E-state index in [1.54, 1.807) is 0 Å². The molecule has 0 aliphatic carbocycles. The second-order valence-electron chi connectivity index (χ2n) is 6.06. The highest BCUT2D eigenvalue weighted by Crippen LogP contribution is 2.11. The summed E-state index contributed by atoms with van der Waals surface area (Å²) in [6.45, 7) is 2.54. The van der Waals surface area contributed by atoms with Crippen LogP contribution in [0.3, 0.4) is 0 Å². The summed E-state index contributed by atoms with van der Waals surface area (Å²) in [7, 11) is 0. The summed E-state index contributed by atoms with van der Waals surface area (Å²) >= 11 is 1.46. The number of carbonyl (C=O) groups is 1. The summed E-state index contributed by atoms with van der Waals surface area (Å²) in [5.74, 6) is 0.933. The first kappa shape index (κ1) is 22.7. The summed E-state index contributed by atoms with van der Waals surface area (Å²) in [6, 6.07) is 0. The van der Waals surface area contributed by atoms with Gasteiger partial charge in [-0.1, -0.05) is 64.7 Å². The fraction of sp³-hybridized carbons (Fsp3) is 0.944. The molecule has 0 saturated heterocycles. The first-order valence-electron chi connectivity index (χ1n) is 9.23. The minimum Gasteiger partial charge on any atom is -0.466 e. The van der Waals surface area contributed by atoms with E-state index in [9.17, 15) is 4.79 Å². The Morgan fingerprint density at radius 3 is 2.13 bits per heavy atom. The zero-order chi connectivity index (χ0) is 17.2. The third kappa shape index (κ3) is 17.9. The van der Waals surface area contributed by atoms with Gasteiger partial charge in [0.05, 0.1) is 25.7 Å². The van der Waals surface area contributed by atoms with Crippen molar-refractivity contribution < 1.29 is 19.7 Å². The highest BCUT2D eigenvalue weighted by Gasteiger charge is 2.05. The molecular weight excluding hydrogens is 312 g/mol. The smallest absolute Gasteiger partial charge is 0.306 e. The number of aliphatic hydroxyl groups excluding tert-OH is 2. The molecule has 138 valence electrons. The summed E-state index contributed by atoms with van der Waals surface area (Å²) in [4.78, 5) is 11.5. The van der Waals surface area contributed by atoms with Crippen LogP contribution in [0.1, 0.15) is 77.6 Å². The van der Waals surface area contributed by atoms with Crippen LogP contribution in [-0.4, -0.2) is 47.0 Å². The zero-order valence-corrected chi connectivity index (χ0v) is 15.6. The lowest BCUT2D eigenvalue weighted by Gasteiger charge is -2.07. The van der Waals surface area contributed by atoms with Crippen LogP contribution in [0.2, 0.25) is 0 Å². The number of unbranched alkanes of at least 4 members (excludes halogenated alkanes) is 9. The van der Waals surface area contributed by atoms with E-state index in [1.165, 1.54) is 63.1 Å². The molecule has 0 spiro atoms. The highest BCUT2D eigenvalue weighted by molar-refractivity contribution is 7.99. The monoisotopic (exact) mass is 348 g/mol. The second-order valence-corrected chi connectivity index (χ2v) is 7.21. The van der Waals surface area contributed by atoms with Gasteiger partial charge in [0.25, 0.3) is 0 Å². The number of rotatable bonds is 17. The number of hydrogen-bond donors (Lipinski definition) is 2. The first-order chi connectivity index (χ1) is 11.2. The second kappa shape index (κ2) is 18.1. The van der Waals surface area contributed by atoms with Gasteiger partial charge >= 0.3 is 5.97 Å². The maximum absolute atomic E-state index is 11.5. The topological polar surface area (TPSA) is 66.8 Å². The molecule has 0 heterocycles. The minimum atomic E-state index is -0.692. The van der Waals surface area contributed by atoms with Crippen LogP contribution in [0, 0.1) is 0 Å². The Bertz CT molecular complexity index is 261.